The molecule has 2 rings (SSSR count). The van der Waals surface area contributed by atoms with E-state index in [0.717, 1.165) is 25.2 Å². The lowest BCUT2D eigenvalue weighted by molar-refractivity contribution is 0.624. The zero-order valence-corrected chi connectivity index (χ0v) is 10.5. The van der Waals surface area contributed by atoms with Gasteiger partial charge in [0.25, 0.3) is 0 Å². The Bertz CT molecular complexity index is 431. The van der Waals surface area contributed by atoms with Gasteiger partial charge in [-0.2, -0.15) is 16.4 Å². The van der Waals surface area contributed by atoms with Crippen molar-refractivity contribution < 1.29 is 0 Å². The highest BCUT2D eigenvalue weighted by Crippen LogP contribution is 2.06. The first-order chi connectivity index (χ1) is 7.75. The van der Waals surface area contributed by atoms with E-state index in [9.17, 15) is 0 Å². The van der Waals surface area contributed by atoms with E-state index in [-0.39, 0.29) is 0 Å². The van der Waals surface area contributed by atoms with Crippen LogP contribution in [0.1, 0.15) is 17.0 Å². The Morgan fingerprint density at radius 2 is 2.38 bits per heavy atom. The molecule has 0 amide bonds. The summed E-state index contributed by atoms with van der Waals surface area (Å²) in [6.07, 6.45) is 1.10. The minimum atomic E-state index is 0.890. The van der Waals surface area contributed by atoms with Crippen LogP contribution >= 0.6 is 11.3 Å². The fourth-order valence-electron chi connectivity index (χ4n) is 1.71. The lowest BCUT2D eigenvalue weighted by Crippen LogP contribution is -2.18. The van der Waals surface area contributed by atoms with E-state index in [0.29, 0.717) is 0 Å². The third-order valence-electron chi connectivity index (χ3n) is 2.58. The molecule has 0 aromatic carbocycles. The summed E-state index contributed by atoms with van der Waals surface area (Å²) in [6.45, 7) is 3.93. The normalized spacial score (nSPS) is 10.9. The van der Waals surface area contributed by atoms with Gasteiger partial charge in [-0.1, -0.05) is 0 Å². The minimum Gasteiger partial charge on any atom is -0.311 e. The largest absolute Gasteiger partial charge is 0.311 e. The first kappa shape index (κ1) is 11.4. The van der Waals surface area contributed by atoms with Gasteiger partial charge < -0.3 is 5.32 Å². The van der Waals surface area contributed by atoms with Crippen molar-refractivity contribution in [2.24, 2.45) is 7.05 Å². The average Bonchev–Trinajstić information content (AvgIpc) is 2.84. The molecule has 1 N–H and O–H groups in total. The average molecular weight is 235 g/mol. The molecule has 2 heterocycles. The van der Waals surface area contributed by atoms with E-state index in [1.807, 2.05) is 18.7 Å². The van der Waals surface area contributed by atoms with E-state index >= 15 is 0 Å². The van der Waals surface area contributed by atoms with E-state index in [2.05, 4.69) is 33.3 Å². The Balaban J connectivity index is 1.74. The molecule has 0 aliphatic rings. The molecule has 86 valence electrons. The van der Waals surface area contributed by atoms with Crippen LogP contribution in [0, 0.1) is 6.92 Å². The van der Waals surface area contributed by atoms with Gasteiger partial charge in [0.2, 0.25) is 0 Å². The van der Waals surface area contributed by atoms with E-state index in [4.69, 9.17) is 0 Å². The van der Waals surface area contributed by atoms with Crippen molar-refractivity contribution in [3.05, 3.63) is 39.8 Å². The third-order valence-corrected chi connectivity index (χ3v) is 3.31. The Kier molecular flexibility index (Phi) is 3.74. The van der Waals surface area contributed by atoms with Gasteiger partial charge in [0, 0.05) is 13.6 Å². The number of nitrogens with zero attached hydrogens (tertiary/aromatic N) is 2. The van der Waals surface area contributed by atoms with Gasteiger partial charge >= 0.3 is 0 Å². The van der Waals surface area contributed by atoms with Crippen molar-refractivity contribution in [2.75, 3.05) is 6.54 Å². The van der Waals surface area contributed by atoms with Crippen LogP contribution in [0.2, 0.25) is 0 Å². The summed E-state index contributed by atoms with van der Waals surface area (Å²) in [6, 6.07) is 4.30. The molecule has 0 aliphatic heterocycles. The maximum atomic E-state index is 4.32. The number of aryl methyl sites for hydroxylation is 2. The Labute approximate surface area is 100 Å². The molecule has 0 spiro atoms. The molecule has 0 unspecified atom stereocenters. The van der Waals surface area contributed by atoms with Gasteiger partial charge in [0.1, 0.15) is 0 Å². The van der Waals surface area contributed by atoms with Crippen LogP contribution in [0.4, 0.5) is 0 Å². The maximum Gasteiger partial charge on any atom is 0.0597 e. The summed E-state index contributed by atoms with van der Waals surface area (Å²) in [5.41, 5.74) is 3.73. The topological polar surface area (TPSA) is 29.9 Å². The summed E-state index contributed by atoms with van der Waals surface area (Å²) < 4.78 is 1.94. The summed E-state index contributed by atoms with van der Waals surface area (Å²) >= 11 is 1.76. The second-order valence-electron chi connectivity index (χ2n) is 3.96. The summed E-state index contributed by atoms with van der Waals surface area (Å²) in [5, 5.41) is 12.1. The molecular weight excluding hydrogens is 218 g/mol. The van der Waals surface area contributed by atoms with Crippen molar-refractivity contribution in [1.29, 1.82) is 0 Å². The molecule has 2 aromatic rings. The van der Waals surface area contributed by atoms with Gasteiger partial charge in [0.15, 0.2) is 0 Å². The second-order valence-corrected chi connectivity index (χ2v) is 4.74. The molecule has 2 aromatic heterocycles. The van der Waals surface area contributed by atoms with Crippen LogP contribution in [0.15, 0.2) is 22.9 Å². The van der Waals surface area contributed by atoms with Crippen molar-refractivity contribution in [2.45, 2.75) is 19.9 Å². The number of hydrogen-bond acceptors (Lipinski definition) is 3. The second kappa shape index (κ2) is 5.27. The zero-order chi connectivity index (χ0) is 11.4. The molecule has 0 radical (unpaired) electrons. The highest BCUT2D eigenvalue weighted by molar-refractivity contribution is 7.07. The van der Waals surface area contributed by atoms with Gasteiger partial charge in [-0.3, -0.25) is 4.68 Å². The fraction of sp³-hybridized carbons (Fsp3) is 0.417. The summed E-state index contributed by atoms with van der Waals surface area (Å²) in [4.78, 5) is 0. The zero-order valence-electron chi connectivity index (χ0n) is 9.73. The van der Waals surface area contributed by atoms with E-state index in [1.165, 1.54) is 11.3 Å². The Hall–Kier alpha value is -1.13. The lowest BCUT2D eigenvalue weighted by Gasteiger charge is -2.04. The number of hydrogen-bond donors (Lipinski definition) is 1. The Morgan fingerprint density at radius 1 is 1.50 bits per heavy atom. The van der Waals surface area contributed by atoms with Gasteiger partial charge in [0.05, 0.1) is 11.4 Å². The van der Waals surface area contributed by atoms with Crippen molar-refractivity contribution >= 4 is 11.3 Å². The third kappa shape index (κ3) is 2.93. The number of aromatic nitrogens is 2. The number of rotatable bonds is 5. The smallest absolute Gasteiger partial charge is 0.0597 e. The summed E-state index contributed by atoms with van der Waals surface area (Å²) in [7, 11) is 1.99. The molecule has 0 fully saturated rings. The molecule has 4 heteroatoms. The predicted molar refractivity (Wildman–Crippen MR) is 67.7 cm³/mol. The standard InChI is InChI=1S/C12H17N3S/c1-10-7-12(15(2)14-10)8-13-5-3-11-4-6-16-9-11/h4,6-7,9,13H,3,5,8H2,1-2H3. The molecular formula is C12H17N3S. The monoisotopic (exact) mass is 235 g/mol. The highest BCUT2D eigenvalue weighted by atomic mass is 32.1. The summed E-state index contributed by atoms with van der Waals surface area (Å²) in [5.74, 6) is 0. The highest BCUT2D eigenvalue weighted by Gasteiger charge is 2.00. The molecule has 0 saturated carbocycles. The molecule has 16 heavy (non-hydrogen) atoms. The van der Waals surface area contributed by atoms with E-state index in [1.54, 1.807) is 11.3 Å². The van der Waals surface area contributed by atoms with Crippen LogP contribution in [0.25, 0.3) is 0 Å². The number of thiophene rings is 1. The van der Waals surface area contributed by atoms with Crippen molar-refractivity contribution in [3.63, 3.8) is 0 Å². The fourth-order valence-corrected chi connectivity index (χ4v) is 2.42. The molecule has 3 nitrogen and oxygen atoms in total. The molecule has 0 atom stereocenters. The number of nitrogens with one attached hydrogen (secondary N) is 1. The SMILES string of the molecule is Cc1cc(CNCCc2ccsc2)n(C)n1. The first-order valence-electron chi connectivity index (χ1n) is 5.47. The van der Waals surface area contributed by atoms with Crippen molar-refractivity contribution in [3.8, 4) is 0 Å². The van der Waals surface area contributed by atoms with Gasteiger partial charge in [-0.25, -0.2) is 0 Å². The van der Waals surface area contributed by atoms with Crippen LogP contribution in [0.3, 0.4) is 0 Å². The predicted octanol–water partition coefficient (Wildman–Crippen LogP) is 2.12. The van der Waals surface area contributed by atoms with Crippen LogP contribution in [0.5, 0.6) is 0 Å². The van der Waals surface area contributed by atoms with Gasteiger partial charge in [-0.05, 0) is 48.3 Å². The lowest BCUT2D eigenvalue weighted by atomic mass is 10.2. The maximum absolute atomic E-state index is 4.32. The van der Waals surface area contributed by atoms with Crippen LogP contribution < -0.4 is 5.32 Å². The molecule has 0 bridgehead atoms. The van der Waals surface area contributed by atoms with Crippen LogP contribution in [-0.2, 0) is 20.0 Å². The van der Waals surface area contributed by atoms with Crippen molar-refractivity contribution in [1.82, 2.24) is 15.1 Å². The Morgan fingerprint density at radius 3 is 3.00 bits per heavy atom. The minimum absolute atomic E-state index is 0.890. The first-order valence-corrected chi connectivity index (χ1v) is 6.41. The van der Waals surface area contributed by atoms with Crippen LogP contribution in [-0.4, -0.2) is 16.3 Å². The van der Waals surface area contributed by atoms with Gasteiger partial charge in [-0.15, -0.1) is 0 Å². The molecule has 0 saturated heterocycles. The molecule has 0 aliphatic carbocycles. The quantitative estimate of drug-likeness (QED) is 0.805. The van der Waals surface area contributed by atoms with E-state index < -0.39 is 0 Å².